The Labute approximate surface area is 138 Å². The number of unbranched alkanes of at least 4 members (excludes halogenated alkanes) is 2. The van der Waals surface area contributed by atoms with Gasteiger partial charge in [0.1, 0.15) is 0 Å². The van der Waals surface area contributed by atoms with Crippen molar-refractivity contribution in [1.29, 1.82) is 0 Å². The summed E-state index contributed by atoms with van der Waals surface area (Å²) in [6.45, 7) is 12.4. The zero-order valence-corrected chi connectivity index (χ0v) is 15.5. The van der Waals surface area contributed by atoms with Crippen LogP contribution < -0.4 is 0 Å². The van der Waals surface area contributed by atoms with E-state index in [1.165, 1.54) is 24.8 Å². The van der Waals surface area contributed by atoms with Crippen molar-refractivity contribution in [3.8, 4) is 0 Å². The maximum Gasteiger partial charge on any atom is 0.226 e. The molecule has 1 atom stereocenters. The fraction of sp³-hybridized carbons (Fsp3) is 0.650. The number of amides is 1. The van der Waals surface area contributed by atoms with E-state index in [2.05, 4.69) is 45.1 Å². The van der Waals surface area contributed by atoms with Crippen LogP contribution in [0.4, 0.5) is 0 Å². The number of carbonyl (C=O) groups is 1. The summed E-state index contributed by atoms with van der Waals surface area (Å²) in [5, 5.41) is 0. The Balaban J connectivity index is 0.00000211. The first kappa shape index (κ1) is 20.7. The molecule has 2 nitrogen and oxygen atoms in total. The van der Waals surface area contributed by atoms with E-state index in [1.807, 2.05) is 25.7 Å². The van der Waals surface area contributed by atoms with Crippen LogP contribution in [0.5, 0.6) is 0 Å². The van der Waals surface area contributed by atoms with Crippen LogP contribution >= 0.6 is 0 Å². The van der Waals surface area contributed by atoms with E-state index < -0.39 is 0 Å². The van der Waals surface area contributed by atoms with Gasteiger partial charge in [0.15, 0.2) is 0 Å². The van der Waals surface area contributed by atoms with Gasteiger partial charge in [0, 0.05) is 18.2 Å². The molecule has 1 aliphatic carbocycles. The molecule has 22 heavy (non-hydrogen) atoms. The fourth-order valence-electron chi connectivity index (χ4n) is 2.57. The lowest BCUT2D eigenvalue weighted by Gasteiger charge is -2.30. The molecular weight excluding hydrogens is 270 g/mol. The second-order valence-electron chi connectivity index (χ2n) is 5.62. The molecule has 0 radical (unpaired) electrons. The normalized spacial score (nSPS) is 15.0. The van der Waals surface area contributed by atoms with Gasteiger partial charge >= 0.3 is 0 Å². The molecule has 2 heteroatoms. The summed E-state index contributed by atoms with van der Waals surface area (Å²) >= 11 is 0. The molecular formula is C20H35NO. The minimum atomic E-state index is 0.222. The molecule has 0 heterocycles. The molecule has 0 aromatic carbocycles. The molecule has 0 fully saturated rings. The second-order valence-corrected chi connectivity index (χ2v) is 5.62. The minimum absolute atomic E-state index is 0.222. The van der Waals surface area contributed by atoms with Crippen LogP contribution in [0.3, 0.4) is 0 Å². The molecule has 0 bridgehead atoms. The van der Waals surface area contributed by atoms with Gasteiger partial charge in [0.25, 0.3) is 0 Å². The number of hydrogen-bond donors (Lipinski definition) is 0. The van der Waals surface area contributed by atoms with Crippen LogP contribution in [0, 0.1) is 0 Å². The fourth-order valence-corrected chi connectivity index (χ4v) is 2.57. The number of allylic oxidation sites excluding steroid dienone is 5. The summed E-state index contributed by atoms with van der Waals surface area (Å²) in [5.74, 6) is 0.222. The van der Waals surface area contributed by atoms with Crippen molar-refractivity contribution < 1.29 is 4.79 Å². The Bertz CT molecular complexity index is 404. The van der Waals surface area contributed by atoms with Gasteiger partial charge < -0.3 is 4.90 Å². The van der Waals surface area contributed by atoms with Crippen LogP contribution in [-0.4, -0.2) is 16.8 Å². The predicted molar refractivity (Wildman–Crippen MR) is 97.7 cm³/mol. The molecule has 0 saturated carbocycles. The monoisotopic (exact) mass is 305 g/mol. The summed E-state index contributed by atoms with van der Waals surface area (Å²) in [7, 11) is 0. The Morgan fingerprint density at radius 2 is 1.95 bits per heavy atom. The molecule has 0 spiro atoms. The largest absolute Gasteiger partial charge is 0.310 e. The number of nitrogens with zero attached hydrogens (tertiary/aromatic N) is 1. The average Bonchev–Trinajstić information content (AvgIpc) is 2.74. The maximum absolute atomic E-state index is 12.3. The van der Waals surface area contributed by atoms with E-state index in [9.17, 15) is 4.79 Å². The smallest absolute Gasteiger partial charge is 0.226 e. The van der Waals surface area contributed by atoms with E-state index in [0.717, 1.165) is 18.5 Å². The minimum Gasteiger partial charge on any atom is -0.310 e. The average molecular weight is 306 g/mol. The predicted octanol–water partition coefficient (Wildman–Crippen LogP) is 6.01. The van der Waals surface area contributed by atoms with Crippen LogP contribution in [0.2, 0.25) is 0 Å². The molecule has 0 saturated heterocycles. The molecule has 0 aromatic heterocycles. The van der Waals surface area contributed by atoms with Crippen molar-refractivity contribution in [2.24, 2.45) is 0 Å². The highest BCUT2D eigenvalue weighted by Crippen LogP contribution is 2.21. The van der Waals surface area contributed by atoms with E-state index in [1.54, 1.807) is 0 Å². The van der Waals surface area contributed by atoms with Gasteiger partial charge in [-0.25, -0.2) is 0 Å². The number of hydrogen-bond acceptors (Lipinski definition) is 1. The van der Waals surface area contributed by atoms with Crippen molar-refractivity contribution in [3.05, 3.63) is 35.6 Å². The summed E-state index contributed by atoms with van der Waals surface area (Å²) in [4.78, 5) is 14.3. The lowest BCUT2D eigenvalue weighted by Crippen LogP contribution is -2.37. The quantitative estimate of drug-likeness (QED) is 0.527. The Morgan fingerprint density at radius 1 is 1.27 bits per heavy atom. The maximum atomic E-state index is 12.3. The topological polar surface area (TPSA) is 20.3 Å². The van der Waals surface area contributed by atoms with Gasteiger partial charge in [-0.3, -0.25) is 4.79 Å². The van der Waals surface area contributed by atoms with Crippen molar-refractivity contribution in [1.82, 2.24) is 4.90 Å². The van der Waals surface area contributed by atoms with Crippen molar-refractivity contribution in [2.45, 2.75) is 86.1 Å². The van der Waals surface area contributed by atoms with Crippen LogP contribution in [0.15, 0.2) is 35.6 Å². The summed E-state index contributed by atoms with van der Waals surface area (Å²) < 4.78 is 0. The summed E-state index contributed by atoms with van der Waals surface area (Å²) in [5.41, 5.74) is 2.28. The van der Waals surface area contributed by atoms with Crippen molar-refractivity contribution in [2.75, 3.05) is 0 Å². The Hall–Kier alpha value is -1.31. The third kappa shape index (κ3) is 7.11. The molecule has 0 N–H and O–H groups in total. The molecule has 0 aliphatic heterocycles. The highest BCUT2D eigenvalue weighted by atomic mass is 16.2. The lowest BCUT2D eigenvalue weighted by atomic mass is 10.1. The second kappa shape index (κ2) is 12.3. The zero-order valence-electron chi connectivity index (χ0n) is 15.5. The third-order valence-electron chi connectivity index (χ3n) is 3.76. The third-order valence-corrected chi connectivity index (χ3v) is 3.76. The molecule has 126 valence electrons. The first-order valence-electron chi connectivity index (χ1n) is 8.97. The summed E-state index contributed by atoms with van der Waals surface area (Å²) in [6.07, 6.45) is 14.8. The van der Waals surface area contributed by atoms with Gasteiger partial charge in [-0.2, -0.15) is 0 Å². The van der Waals surface area contributed by atoms with Crippen molar-refractivity contribution >= 4 is 5.91 Å². The summed E-state index contributed by atoms with van der Waals surface area (Å²) in [6, 6.07) is 0.274. The van der Waals surface area contributed by atoms with Gasteiger partial charge in [0.2, 0.25) is 5.91 Å². The Kier molecular flexibility index (Phi) is 11.5. The van der Waals surface area contributed by atoms with E-state index in [4.69, 9.17) is 0 Å². The SMILES string of the molecule is CC.CCCCCC(C)N(C(=O)CC)C1=CC(C)=CCC=C1. The first-order valence-corrected chi connectivity index (χ1v) is 8.97. The number of rotatable bonds is 7. The van der Waals surface area contributed by atoms with Gasteiger partial charge in [0.05, 0.1) is 0 Å². The van der Waals surface area contributed by atoms with Crippen molar-refractivity contribution in [3.63, 3.8) is 0 Å². The van der Waals surface area contributed by atoms with E-state index in [0.29, 0.717) is 6.42 Å². The zero-order chi connectivity index (χ0) is 17.0. The molecule has 0 aromatic rings. The van der Waals surface area contributed by atoms with Gasteiger partial charge in [-0.15, -0.1) is 0 Å². The molecule has 1 rings (SSSR count). The van der Waals surface area contributed by atoms with Gasteiger partial charge in [-0.1, -0.05) is 64.7 Å². The van der Waals surface area contributed by atoms with E-state index >= 15 is 0 Å². The highest BCUT2D eigenvalue weighted by Gasteiger charge is 2.21. The van der Waals surface area contributed by atoms with Crippen LogP contribution in [-0.2, 0) is 4.79 Å². The highest BCUT2D eigenvalue weighted by molar-refractivity contribution is 5.78. The Morgan fingerprint density at radius 3 is 2.55 bits per heavy atom. The molecule has 1 amide bonds. The standard InChI is InChI=1S/C18H29NO.C2H6/c1-5-7-8-12-16(4)19(18(20)6-2)17-13-10-9-11-15(3)14-17;1-2/h10-11,13-14,16H,5-9,12H2,1-4H3;1-2H3. The van der Waals surface area contributed by atoms with Gasteiger partial charge in [-0.05, 0) is 38.8 Å². The van der Waals surface area contributed by atoms with Crippen LogP contribution in [0.25, 0.3) is 0 Å². The molecule has 1 unspecified atom stereocenters. The van der Waals surface area contributed by atoms with Crippen LogP contribution in [0.1, 0.15) is 80.1 Å². The first-order chi connectivity index (χ1) is 10.6. The lowest BCUT2D eigenvalue weighted by molar-refractivity contribution is -0.130. The number of carbonyl (C=O) groups excluding carboxylic acids is 1. The van der Waals surface area contributed by atoms with E-state index in [-0.39, 0.29) is 11.9 Å². The molecule has 1 aliphatic rings.